The van der Waals surface area contributed by atoms with Crippen LogP contribution in [-0.4, -0.2) is 37.5 Å². The molecule has 240 valence electrons. The van der Waals surface area contributed by atoms with Gasteiger partial charge < -0.3 is 23.7 Å². The first kappa shape index (κ1) is 32.8. The number of halogens is 1. The second kappa shape index (κ2) is 14.7. The van der Waals surface area contributed by atoms with Gasteiger partial charge in [0.15, 0.2) is 27.8 Å². The highest BCUT2D eigenvalue weighted by atomic mass is 35.5. The number of hydrogen-bond donors (Lipinski definition) is 0. The van der Waals surface area contributed by atoms with Gasteiger partial charge in [0.25, 0.3) is 5.56 Å². The van der Waals surface area contributed by atoms with E-state index in [0.717, 1.165) is 11.1 Å². The van der Waals surface area contributed by atoms with E-state index in [4.69, 9.17) is 35.3 Å². The van der Waals surface area contributed by atoms with Crippen molar-refractivity contribution in [1.82, 2.24) is 4.57 Å². The van der Waals surface area contributed by atoms with Crippen LogP contribution in [0.15, 0.2) is 81.7 Å². The molecule has 1 aliphatic heterocycles. The molecule has 0 saturated carbocycles. The molecule has 9 nitrogen and oxygen atoms in total. The fraction of sp³-hybridized carbons (Fsp3) is 0.286. The predicted octanol–water partition coefficient (Wildman–Crippen LogP) is 5.84. The Balaban J connectivity index is 1.59. The van der Waals surface area contributed by atoms with Crippen molar-refractivity contribution in [3.05, 3.63) is 113 Å². The summed E-state index contributed by atoms with van der Waals surface area (Å²) >= 11 is 7.55. The monoisotopic (exact) mass is 662 g/mol. The van der Waals surface area contributed by atoms with E-state index in [0.29, 0.717) is 61.8 Å². The van der Waals surface area contributed by atoms with Crippen LogP contribution in [0.5, 0.6) is 23.0 Å². The van der Waals surface area contributed by atoms with Crippen molar-refractivity contribution < 1.29 is 28.5 Å². The number of allylic oxidation sites excluding steroid dienone is 1. The van der Waals surface area contributed by atoms with Crippen LogP contribution in [0.3, 0.4) is 0 Å². The van der Waals surface area contributed by atoms with Crippen LogP contribution in [0, 0.1) is 0 Å². The number of rotatable bonds is 12. The van der Waals surface area contributed by atoms with Crippen molar-refractivity contribution >= 4 is 35.0 Å². The number of carbonyl (C=O) groups excluding carboxylic acids is 1. The Kier molecular flexibility index (Phi) is 10.5. The summed E-state index contributed by atoms with van der Waals surface area (Å²) in [6.45, 7) is 8.54. The highest BCUT2D eigenvalue weighted by Gasteiger charge is 2.34. The molecule has 0 spiro atoms. The second-order valence-electron chi connectivity index (χ2n) is 10.2. The fourth-order valence-electron chi connectivity index (χ4n) is 5.16. The lowest BCUT2D eigenvalue weighted by Gasteiger charge is -2.25. The summed E-state index contributed by atoms with van der Waals surface area (Å²) in [4.78, 5) is 32.5. The minimum atomic E-state index is -0.790. The lowest BCUT2D eigenvalue weighted by molar-refractivity contribution is -0.139. The molecule has 46 heavy (non-hydrogen) atoms. The summed E-state index contributed by atoms with van der Waals surface area (Å²) in [6.07, 6.45) is 1.78. The first-order valence-corrected chi connectivity index (χ1v) is 16.1. The molecule has 0 aliphatic carbocycles. The van der Waals surface area contributed by atoms with Crippen LogP contribution in [-0.2, 0) is 16.1 Å². The smallest absolute Gasteiger partial charge is 0.338 e. The van der Waals surface area contributed by atoms with Gasteiger partial charge in [-0.25, -0.2) is 9.79 Å². The molecule has 2 heterocycles. The normalized spacial score (nSPS) is 14.4. The number of methoxy groups -OCH3 is 1. The Labute approximate surface area is 275 Å². The Morgan fingerprint density at radius 1 is 0.935 bits per heavy atom. The zero-order valence-electron chi connectivity index (χ0n) is 26.3. The third-order valence-corrected chi connectivity index (χ3v) is 8.58. The van der Waals surface area contributed by atoms with Gasteiger partial charge in [-0.2, -0.15) is 0 Å². The third kappa shape index (κ3) is 6.83. The Morgan fingerprint density at radius 3 is 2.35 bits per heavy atom. The van der Waals surface area contributed by atoms with Gasteiger partial charge in [-0.05, 0) is 75.2 Å². The first-order valence-electron chi connectivity index (χ1n) is 14.9. The first-order chi connectivity index (χ1) is 22.3. The number of esters is 1. The SMILES string of the molecule is CCOC(=O)C1=C(C)N=c2s/c(=C\c3ccc(OCc4ccccc4Cl)c(OCC)c3)c(=O)n2[C@@H]1c1ccc(OC)c(OCC)c1. The van der Waals surface area contributed by atoms with Gasteiger partial charge in [0, 0.05) is 10.6 Å². The average molecular weight is 663 g/mol. The third-order valence-electron chi connectivity index (χ3n) is 7.23. The number of ether oxygens (including phenoxy) is 5. The number of thiazole rings is 1. The van der Waals surface area contributed by atoms with Gasteiger partial charge in [-0.3, -0.25) is 9.36 Å². The second-order valence-corrected chi connectivity index (χ2v) is 11.6. The quantitative estimate of drug-likeness (QED) is 0.176. The van der Waals surface area contributed by atoms with Gasteiger partial charge in [-0.1, -0.05) is 53.3 Å². The van der Waals surface area contributed by atoms with E-state index in [9.17, 15) is 9.59 Å². The maximum absolute atomic E-state index is 14.1. The topological polar surface area (TPSA) is 97.6 Å². The molecule has 1 aliphatic rings. The number of hydrogen-bond acceptors (Lipinski definition) is 9. The molecule has 0 amide bonds. The van der Waals surface area contributed by atoms with Crippen molar-refractivity contribution in [3.63, 3.8) is 0 Å². The van der Waals surface area contributed by atoms with E-state index in [1.165, 1.54) is 15.9 Å². The molecule has 3 aromatic carbocycles. The molecule has 0 fully saturated rings. The summed E-state index contributed by atoms with van der Waals surface area (Å²) in [5.74, 6) is 1.60. The van der Waals surface area contributed by atoms with E-state index in [1.54, 1.807) is 39.2 Å². The summed E-state index contributed by atoms with van der Waals surface area (Å²) < 4.78 is 30.6. The van der Waals surface area contributed by atoms with Crippen molar-refractivity contribution in [2.24, 2.45) is 4.99 Å². The van der Waals surface area contributed by atoms with E-state index >= 15 is 0 Å². The minimum absolute atomic E-state index is 0.180. The van der Waals surface area contributed by atoms with Gasteiger partial charge in [-0.15, -0.1) is 0 Å². The van der Waals surface area contributed by atoms with Crippen molar-refractivity contribution in [2.45, 2.75) is 40.3 Å². The van der Waals surface area contributed by atoms with Crippen LogP contribution in [0.2, 0.25) is 5.02 Å². The van der Waals surface area contributed by atoms with E-state index in [2.05, 4.69) is 4.99 Å². The van der Waals surface area contributed by atoms with Crippen LogP contribution in [0.25, 0.3) is 6.08 Å². The van der Waals surface area contributed by atoms with Crippen molar-refractivity contribution in [2.75, 3.05) is 26.9 Å². The van der Waals surface area contributed by atoms with Crippen LogP contribution >= 0.6 is 22.9 Å². The van der Waals surface area contributed by atoms with Gasteiger partial charge in [0.05, 0.1) is 48.8 Å². The molecule has 0 saturated heterocycles. The van der Waals surface area contributed by atoms with E-state index in [1.807, 2.05) is 62.4 Å². The van der Waals surface area contributed by atoms with Gasteiger partial charge in [0.1, 0.15) is 6.61 Å². The summed E-state index contributed by atoms with van der Waals surface area (Å²) in [5, 5.41) is 0.621. The number of nitrogens with zero attached hydrogens (tertiary/aromatic N) is 2. The van der Waals surface area contributed by atoms with Crippen molar-refractivity contribution in [1.29, 1.82) is 0 Å². The Morgan fingerprint density at radius 2 is 1.65 bits per heavy atom. The molecule has 0 radical (unpaired) electrons. The number of benzene rings is 3. The standard InChI is InChI=1S/C35H35ClN2O7S/c1-6-42-28-17-22(13-15-27(28)45-20-24-11-9-10-12-25(24)36)18-30-33(39)38-32(23-14-16-26(41-5)29(19-23)43-7-2)31(34(40)44-8-3)21(4)37-35(38)46-30/h9-19,32H,6-8,20H2,1-5H3/b30-18-/t32-/m1/s1. The summed E-state index contributed by atoms with van der Waals surface area (Å²) in [6, 6.07) is 17.6. The highest BCUT2D eigenvalue weighted by molar-refractivity contribution is 7.07. The Bertz CT molecular complexity index is 1960. The molecule has 1 aromatic heterocycles. The van der Waals surface area contributed by atoms with Crippen LogP contribution < -0.4 is 33.8 Å². The number of aromatic nitrogens is 1. The Hall–Kier alpha value is -4.54. The number of carbonyl (C=O) groups is 1. The average Bonchev–Trinajstić information content (AvgIpc) is 3.34. The fourth-order valence-corrected chi connectivity index (χ4v) is 6.40. The molecule has 5 rings (SSSR count). The number of fused-ring (bicyclic) bond motifs is 1. The minimum Gasteiger partial charge on any atom is -0.493 e. The molecule has 0 unspecified atom stereocenters. The predicted molar refractivity (Wildman–Crippen MR) is 178 cm³/mol. The summed E-state index contributed by atoms with van der Waals surface area (Å²) in [5.41, 5.74) is 2.71. The van der Waals surface area contributed by atoms with Gasteiger partial charge in [0.2, 0.25) is 0 Å². The van der Waals surface area contributed by atoms with Crippen LogP contribution in [0.1, 0.15) is 50.4 Å². The molecule has 1 atom stereocenters. The maximum atomic E-state index is 14.1. The molecule has 0 N–H and O–H groups in total. The van der Waals surface area contributed by atoms with Crippen LogP contribution in [0.4, 0.5) is 0 Å². The van der Waals surface area contributed by atoms with Crippen molar-refractivity contribution in [3.8, 4) is 23.0 Å². The molecule has 0 bridgehead atoms. The highest BCUT2D eigenvalue weighted by Crippen LogP contribution is 2.36. The van der Waals surface area contributed by atoms with Gasteiger partial charge >= 0.3 is 5.97 Å². The maximum Gasteiger partial charge on any atom is 0.338 e. The lowest BCUT2D eigenvalue weighted by atomic mass is 9.95. The largest absolute Gasteiger partial charge is 0.493 e. The zero-order valence-corrected chi connectivity index (χ0v) is 27.9. The summed E-state index contributed by atoms with van der Waals surface area (Å²) in [7, 11) is 1.56. The van der Waals surface area contributed by atoms with E-state index in [-0.39, 0.29) is 24.3 Å². The molecule has 11 heteroatoms. The molecular weight excluding hydrogens is 628 g/mol. The lowest BCUT2D eigenvalue weighted by Crippen LogP contribution is -2.40. The van der Waals surface area contributed by atoms with E-state index < -0.39 is 12.0 Å². The molecular formula is C35H35ClN2O7S. The zero-order chi connectivity index (χ0) is 32.8. The molecule has 4 aromatic rings.